The smallest absolute Gasteiger partial charge is 0.323 e. The zero-order chi connectivity index (χ0) is 28.9. The van der Waals surface area contributed by atoms with Crippen molar-refractivity contribution >= 4 is 23.2 Å². The first-order chi connectivity index (χ1) is 20.5. The lowest BCUT2D eigenvalue weighted by Crippen LogP contribution is -2.43. The molecular weight excluding hydrogens is 528 g/mol. The number of hydrogen-bond acceptors (Lipinski definition) is 7. The second-order valence-electron chi connectivity index (χ2n) is 11.0. The molecule has 0 aliphatic carbocycles. The minimum Gasteiger partial charge on any atom is -0.492 e. The van der Waals surface area contributed by atoms with E-state index in [1.807, 2.05) is 80.8 Å². The Morgan fingerprint density at radius 2 is 1.52 bits per heavy atom. The Hall–Kier alpha value is -4.47. The summed E-state index contributed by atoms with van der Waals surface area (Å²) in [4.78, 5) is 26.9. The van der Waals surface area contributed by atoms with E-state index in [1.54, 1.807) is 0 Å². The lowest BCUT2D eigenvalue weighted by atomic mass is 10.1. The summed E-state index contributed by atoms with van der Waals surface area (Å²) in [6.45, 7) is 3.12. The van der Waals surface area contributed by atoms with Crippen LogP contribution in [0, 0.1) is 0 Å². The van der Waals surface area contributed by atoms with Crippen LogP contribution in [0.1, 0.15) is 12.8 Å². The summed E-state index contributed by atoms with van der Waals surface area (Å²) < 4.78 is 11.8. The second-order valence-corrected chi connectivity index (χ2v) is 11.0. The van der Waals surface area contributed by atoms with Gasteiger partial charge in [0.05, 0.1) is 17.9 Å². The summed E-state index contributed by atoms with van der Waals surface area (Å²) in [7, 11) is 4.01. The summed E-state index contributed by atoms with van der Waals surface area (Å²) in [6, 6.07) is 26.9. The lowest BCUT2D eigenvalue weighted by molar-refractivity contribution is 0.0302. The molecule has 9 heteroatoms. The molecule has 1 aromatic heterocycles. The van der Waals surface area contributed by atoms with Gasteiger partial charge in [-0.15, -0.1) is 0 Å². The predicted molar refractivity (Wildman–Crippen MR) is 166 cm³/mol. The highest BCUT2D eigenvalue weighted by molar-refractivity contribution is 5.99. The number of nitrogens with zero attached hydrogens (tertiary/aromatic N) is 4. The normalized spacial score (nSPS) is 17.7. The average Bonchev–Trinajstić information content (AvgIpc) is 3.35. The van der Waals surface area contributed by atoms with Gasteiger partial charge in [0.1, 0.15) is 18.2 Å². The minimum atomic E-state index is -0.324. The first-order valence-electron chi connectivity index (χ1n) is 14.4. The maximum atomic E-state index is 12.6. The van der Waals surface area contributed by atoms with E-state index in [2.05, 4.69) is 38.6 Å². The number of carbonyl (C=O) groups excluding carboxylic acids is 1. The van der Waals surface area contributed by atoms with Gasteiger partial charge < -0.3 is 29.9 Å². The van der Waals surface area contributed by atoms with Crippen molar-refractivity contribution in [3.05, 3.63) is 84.9 Å². The van der Waals surface area contributed by atoms with Crippen molar-refractivity contribution in [2.75, 3.05) is 55.9 Å². The van der Waals surface area contributed by atoms with E-state index in [0.29, 0.717) is 23.8 Å². The Bertz CT molecular complexity index is 1480. The molecule has 3 aromatic carbocycles. The number of fused-ring (bicyclic) bond motifs is 2. The molecule has 9 nitrogen and oxygen atoms in total. The van der Waals surface area contributed by atoms with Crippen molar-refractivity contribution in [3.8, 4) is 28.4 Å². The van der Waals surface area contributed by atoms with Crippen molar-refractivity contribution in [3.63, 3.8) is 0 Å². The van der Waals surface area contributed by atoms with Gasteiger partial charge in [-0.1, -0.05) is 30.3 Å². The molecule has 2 amide bonds. The van der Waals surface area contributed by atoms with E-state index >= 15 is 0 Å². The topological polar surface area (TPSA) is 91.9 Å². The number of likely N-dealkylation sites (N-methyl/N-ethyl adjacent to an activating group) is 1. The molecule has 0 spiro atoms. The number of rotatable bonds is 9. The summed E-state index contributed by atoms with van der Waals surface area (Å²) in [6.07, 6.45) is 2.73. The monoisotopic (exact) mass is 564 g/mol. The van der Waals surface area contributed by atoms with E-state index in [-0.39, 0.29) is 18.2 Å². The van der Waals surface area contributed by atoms with Crippen LogP contribution in [-0.4, -0.2) is 73.4 Å². The number of benzene rings is 3. The van der Waals surface area contributed by atoms with Crippen LogP contribution < -0.4 is 20.3 Å². The Kier molecular flexibility index (Phi) is 8.30. The number of hydrogen-bond donors (Lipinski definition) is 2. The first kappa shape index (κ1) is 27.7. The van der Waals surface area contributed by atoms with E-state index in [4.69, 9.17) is 19.4 Å². The third-order valence-electron chi connectivity index (χ3n) is 7.47. The molecule has 6 rings (SSSR count). The van der Waals surface area contributed by atoms with Gasteiger partial charge in [0.15, 0.2) is 5.82 Å². The number of morpholine rings is 1. The molecule has 216 valence electrons. The van der Waals surface area contributed by atoms with E-state index in [0.717, 1.165) is 60.9 Å². The van der Waals surface area contributed by atoms with Crippen molar-refractivity contribution in [1.29, 1.82) is 0 Å². The van der Waals surface area contributed by atoms with Crippen LogP contribution >= 0.6 is 0 Å². The third-order valence-corrected chi connectivity index (χ3v) is 7.47. The Morgan fingerprint density at radius 1 is 0.881 bits per heavy atom. The molecule has 0 saturated carbocycles. The summed E-state index contributed by atoms with van der Waals surface area (Å²) in [5.41, 5.74) is 4.15. The fraction of sp³-hybridized carbons (Fsp3) is 0.303. The van der Waals surface area contributed by atoms with Crippen molar-refractivity contribution < 1.29 is 14.3 Å². The van der Waals surface area contributed by atoms with Gasteiger partial charge in [0, 0.05) is 48.2 Å². The molecule has 3 heterocycles. The van der Waals surface area contributed by atoms with Crippen LogP contribution in [0.4, 0.5) is 22.0 Å². The highest BCUT2D eigenvalue weighted by Gasteiger charge is 2.34. The Morgan fingerprint density at radius 3 is 2.17 bits per heavy atom. The van der Waals surface area contributed by atoms with Gasteiger partial charge in [0.25, 0.3) is 0 Å². The summed E-state index contributed by atoms with van der Waals surface area (Å²) in [5.74, 6) is 2.32. The van der Waals surface area contributed by atoms with Crippen LogP contribution in [0.25, 0.3) is 22.6 Å². The summed E-state index contributed by atoms with van der Waals surface area (Å²) >= 11 is 0. The molecular formula is C33H36N6O3. The van der Waals surface area contributed by atoms with Crippen LogP contribution in [0.2, 0.25) is 0 Å². The van der Waals surface area contributed by atoms with Crippen LogP contribution in [0.5, 0.6) is 5.75 Å². The van der Waals surface area contributed by atoms with E-state index < -0.39 is 0 Å². The molecule has 2 saturated heterocycles. The number of urea groups is 1. The van der Waals surface area contributed by atoms with Crippen molar-refractivity contribution in [2.24, 2.45) is 0 Å². The maximum Gasteiger partial charge on any atom is 0.323 e. The van der Waals surface area contributed by atoms with Gasteiger partial charge in [-0.05, 0) is 75.5 Å². The number of anilines is 3. The molecule has 2 unspecified atom stereocenters. The summed E-state index contributed by atoms with van der Waals surface area (Å²) in [5, 5.41) is 5.76. The fourth-order valence-corrected chi connectivity index (χ4v) is 5.26. The van der Waals surface area contributed by atoms with Crippen LogP contribution in [0.3, 0.4) is 0 Å². The first-order valence-corrected chi connectivity index (χ1v) is 14.4. The number of ether oxygens (including phenoxy) is 2. The van der Waals surface area contributed by atoms with Crippen molar-refractivity contribution in [2.45, 2.75) is 25.0 Å². The molecule has 2 fully saturated rings. The van der Waals surface area contributed by atoms with Gasteiger partial charge in [-0.25, -0.2) is 14.8 Å². The van der Waals surface area contributed by atoms with Crippen LogP contribution in [0.15, 0.2) is 84.9 Å². The lowest BCUT2D eigenvalue weighted by Gasteiger charge is -2.33. The highest BCUT2D eigenvalue weighted by Crippen LogP contribution is 2.32. The largest absolute Gasteiger partial charge is 0.492 e. The number of aromatic nitrogens is 2. The van der Waals surface area contributed by atoms with Crippen LogP contribution in [-0.2, 0) is 4.74 Å². The zero-order valence-corrected chi connectivity index (χ0v) is 24.0. The second kappa shape index (κ2) is 12.6. The molecule has 2 bridgehead atoms. The zero-order valence-electron chi connectivity index (χ0n) is 24.0. The maximum absolute atomic E-state index is 12.6. The average molecular weight is 565 g/mol. The SMILES string of the molecule is CN(C)CCOc1ccc(NC(=O)Nc2ccc(-c3nc(-c4ccccc4)cc(N4CC5CCC(C4)O5)n3)cc2)cc1. The minimum absolute atomic E-state index is 0.262. The molecule has 2 N–H and O–H groups in total. The highest BCUT2D eigenvalue weighted by atomic mass is 16.5. The van der Waals surface area contributed by atoms with Gasteiger partial charge in [-0.3, -0.25) is 0 Å². The number of carbonyl (C=O) groups is 1. The molecule has 2 aliphatic rings. The van der Waals surface area contributed by atoms with E-state index in [1.165, 1.54) is 0 Å². The molecule has 2 atom stereocenters. The molecule has 0 radical (unpaired) electrons. The quantitative estimate of drug-likeness (QED) is 0.267. The van der Waals surface area contributed by atoms with Gasteiger partial charge in [0.2, 0.25) is 0 Å². The molecule has 4 aromatic rings. The van der Waals surface area contributed by atoms with Gasteiger partial charge >= 0.3 is 6.03 Å². The fourth-order valence-electron chi connectivity index (χ4n) is 5.26. The standard InChI is InChI=1S/C33H36N6O3/c1-38(2)18-19-41-27-14-12-26(13-15-27)35-33(40)34-25-10-8-24(9-11-25)32-36-30(23-6-4-3-5-7-23)20-31(37-32)39-21-28-16-17-29(22-39)42-28/h3-15,20,28-29H,16-19,21-22H2,1-2H3,(H2,34,35,40). The molecule has 42 heavy (non-hydrogen) atoms. The van der Waals surface area contributed by atoms with Gasteiger partial charge in [-0.2, -0.15) is 0 Å². The number of amides is 2. The third kappa shape index (κ3) is 6.87. The van der Waals surface area contributed by atoms with E-state index in [9.17, 15) is 4.79 Å². The van der Waals surface area contributed by atoms with Crippen molar-refractivity contribution in [1.82, 2.24) is 14.9 Å². The Balaban J connectivity index is 1.14. The Labute approximate surface area is 246 Å². The molecule has 2 aliphatic heterocycles. The number of nitrogens with one attached hydrogen (secondary N) is 2. The predicted octanol–water partition coefficient (Wildman–Crippen LogP) is 5.76.